The van der Waals surface area contributed by atoms with Crippen LogP contribution in [-0.4, -0.2) is 43.8 Å². The molecule has 1 unspecified atom stereocenters. The Labute approximate surface area is 195 Å². The second-order valence-corrected chi connectivity index (χ2v) is 7.83. The highest BCUT2D eigenvalue weighted by molar-refractivity contribution is 6.36. The summed E-state index contributed by atoms with van der Waals surface area (Å²) in [5.41, 5.74) is 3.33. The van der Waals surface area contributed by atoms with Crippen molar-refractivity contribution in [3.05, 3.63) is 63.6 Å². The van der Waals surface area contributed by atoms with Crippen molar-refractivity contribution < 1.29 is 23.9 Å². The molecule has 0 saturated carbocycles. The first-order valence-corrected chi connectivity index (χ1v) is 10.4. The van der Waals surface area contributed by atoms with Crippen LogP contribution < -0.4 is 15.5 Å². The third kappa shape index (κ3) is 7.55. The zero-order valence-electron chi connectivity index (χ0n) is 17.7. The van der Waals surface area contributed by atoms with Crippen LogP contribution >= 0.6 is 23.2 Å². The SMILES string of the molecule is COC(=O)COc1ccc(/C=N/NC(=O)C(NC(=O)c2ccc(Cl)cc2Cl)C(C)C)cc1. The van der Waals surface area contributed by atoms with Gasteiger partial charge < -0.3 is 14.8 Å². The Bertz CT molecular complexity index is 994. The predicted molar refractivity (Wildman–Crippen MR) is 122 cm³/mol. The molecule has 2 N–H and O–H groups in total. The predicted octanol–water partition coefficient (Wildman–Crippen LogP) is 3.45. The van der Waals surface area contributed by atoms with Gasteiger partial charge in [0, 0.05) is 5.02 Å². The monoisotopic (exact) mass is 479 g/mol. The fraction of sp³-hybridized carbons (Fsp3) is 0.273. The van der Waals surface area contributed by atoms with Crippen LogP contribution in [0.15, 0.2) is 47.6 Å². The Morgan fingerprint density at radius 2 is 1.78 bits per heavy atom. The molecule has 0 radical (unpaired) electrons. The second-order valence-electron chi connectivity index (χ2n) is 6.99. The maximum absolute atomic E-state index is 12.6. The van der Waals surface area contributed by atoms with Crippen LogP contribution in [-0.2, 0) is 14.3 Å². The van der Waals surface area contributed by atoms with E-state index >= 15 is 0 Å². The summed E-state index contributed by atoms with van der Waals surface area (Å²) >= 11 is 11.9. The van der Waals surface area contributed by atoms with Crippen molar-refractivity contribution in [2.75, 3.05) is 13.7 Å². The average molecular weight is 480 g/mol. The molecule has 0 aliphatic heterocycles. The molecule has 0 fully saturated rings. The lowest BCUT2D eigenvalue weighted by Crippen LogP contribution is -2.48. The van der Waals surface area contributed by atoms with Gasteiger partial charge in [-0.1, -0.05) is 37.0 Å². The summed E-state index contributed by atoms with van der Waals surface area (Å²) in [7, 11) is 1.28. The molecule has 2 aromatic carbocycles. The molecular weight excluding hydrogens is 457 g/mol. The number of benzene rings is 2. The fourth-order valence-electron chi connectivity index (χ4n) is 2.52. The molecule has 2 aromatic rings. The van der Waals surface area contributed by atoms with Crippen molar-refractivity contribution in [1.82, 2.24) is 10.7 Å². The van der Waals surface area contributed by atoms with Crippen molar-refractivity contribution in [2.24, 2.45) is 11.0 Å². The summed E-state index contributed by atoms with van der Waals surface area (Å²) in [5.74, 6) is -1.17. The van der Waals surface area contributed by atoms with Crippen molar-refractivity contribution in [1.29, 1.82) is 0 Å². The Balaban J connectivity index is 1.95. The van der Waals surface area contributed by atoms with E-state index in [1.165, 1.54) is 25.5 Å². The van der Waals surface area contributed by atoms with Crippen LogP contribution in [0.5, 0.6) is 5.75 Å². The molecule has 0 aliphatic rings. The number of nitrogens with one attached hydrogen (secondary N) is 2. The summed E-state index contributed by atoms with van der Waals surface area (Å²) in [6.07, 6.45) is 1.44. The first-order valence-electron chi connectivity index (χ1n) is 9.59. The lowest BCUT2D eigenvalue weighted by molar-refractivity contribution is -0.142. The lowest BCUT2D eigenvalue weighted by atomic mass is 10.0. The molecular formula is C22H23Cl2N3O5. The van der Waals surface area contributed by atoms with E-state index < -0.39 is 23.8 Å². The van der Waals surface area contributed by atoms with Crippen LogP contribution in [0.1, 0.15) is 29.8 Å². The van der Waals surface area contributed by atoms with Gasteiger partial charge in [0.15, 0.2) is 6.61 Å². The number of carbonyl (C=O) groups is 3. The smallest absolute Gasteiger partial charge is 0.343 e. The lowest BCUT2D eigenvalue weighted by Gasteiger charge is -2.20. The molecule has 2 rings (SSSR count). The summed E-state index contributed by atoms with van der Waals surface area (Å²) in [5, 5.41) is 7.20. The Morgan fingerprint density at radius 1 is 1.09 bits per heavy atom. The van der Waals surface area contributed by atoms with Crippen LogP contribution in [0, 0.1) is 5.92 Å². The number of carbonyl (C=O) groups excluding carboxylic acids is 3. The third-order valence-electron chi connectivity index (χ3n) is 4.26. The molecule has 1 atom stereocenters. The van der Waals surface area contributed by atoms with Crippen molar-refractivity contribution in [2.45, 2.75) is 19.9 Å². The van der Waals surface area contributed by atoms with E-state index in [0.29, 0.717) is 16.3 Å². The van der Waals surface area contributed by atoms with Gasteiger partial charge in [0.1, 0.15) is 11.8 Å². The first kappa shape index (κ1) is 25.2. The summed E-state index contributed by atoms with van der Waals surface area (Å²) in [4.78, 5) is 36.2. The molecule has 2 amide bonds. The first-order chi connectivity index (χ1) is 15.2. The molecule has 0 spiro atoms. The minimum atomic E-state index is -0.833. The molecule has 0 saturated heterocycles. The van der Waals surface area contributed by atoms with Gasteiger partial charge in [0.2, 0.25) is 0 Å². The van der Waals surface area contributed by atoms with Gasteiger partial charge in [-0.3, -0.25) is 9.59 Å². The maximum atomic E-state index is 12.6. The number of amides is 2. The second kappa shape index (κ2) is 12.1. The van der Waals surface area contributed by atoms with Crippen LogP contribution in [0.4, 0.5) is 0 Å². The van der Waals surface area contributed by atoms with E-state index in [1.807, 2.05) is 0 Å². The fourth-order valence-corrected chi connectivity index (χ4v) is 3.01. The summed E-state index contributed by atoms with van der Waals surface area (Å²) in [6, 6.07) is 10.4. The van der Waals surface area contributed by atoms with Gasteiger partial charge >= 0.3 is 5.97 Å². The van der Waals surface area contributed by atoms with Crippen molar-refractivity contribution >= 4 is 47.2 Å². The molecule has 170 valence electrons. The summed E-state index contributed by atoms with van der Waals surface area (Å²) in [6.45, 7) is 3.40. The number of rotatable bonds is 9. The number of halogens is 2. The molecule has 0 bridgehead atoms. The van der Waals surface area contributed by atoms with Gasteiger partial charge in [-0.25, -0.2) is 10.2 Å². The standard InChI is InChI=1S/C22H23Cl2N3O5/c1-13(2)20(26-21(29)17-9-6-15(23)10-18(17)24)22(30)27-25-11-14-4-7-16(8-5-14)32-12-19(28)31-3/h4-11,13,20H,12H2,1-3H3,(H,26,29)(H,27,30)/b25-11+. The number of hydrogen-bond acceptors (Lipinski definition) is 6. The van der Waals surface area contributed by atoms with Crippen molar-refractivity contribution in [3.8, 4) is 5.75 Å². The number of nitrogens with zero attached hydrogens (tertiary/aromatic N) is 1. The van der Waals surface area contributed by atoms with E-state index in [2.05, 4.69) is 20.6 Å². The van der Waals surface area contributed by atoms with Gasteiger partial charge in [-0.2, -0.15) is 5.10 Å². The molecule has 0 heterocycles. The van der Waals surface area contributed by atoms with Gasteiger partial charge in [0.05, 0.1) is 23.9 Å². The number of hydrazone groups is 1. The zero-order chi connectivity index (χ0) is 23.7. The topological polar surface area (TPSA) is 106 Å². The van der Waals surface area contributed by atoms with Gasteiger partial charge in [0.25, 0.3) is 11.8 Å². The third-order valence-corrected chi connectivity index (χ3v) is 4.81. The minimum Gasteiger partial charge on any atom is -0.482 e. The average Bonchev–Trinajstić information content (AvgIpc) is 2.76. The van der Waals surface area contributed by atoms with Crippen LogP contribution in [0.25, 0.3) is 0 Å². The zero-order valence-corrected chi connectivity index (χ0v) is 19.2. The molecule has 8 nitrogen and oxygen atoms in total. The normalized spacial score (nSPS) is 11.8. The highest BCUT2D eigenvalue weighted by Crippen LogP contribution is 2.21. The van der Waals surface area contributed by atoms with E-state index in [-0.39, 0.29) is 23.1 Å². The maximum Gasteiger partial charge on any atom is 0.343 e. The quantitative estimate of drug-likeness (QED) is 0.325. The highest BCUT2D eigenvalue weighted by atomic mass is 35.5. The molecule has 0 aliphatic carbocycles. The number of esters is 1. The van der Waals surface area contributed by atoms with Crippen LogP contribution in [0.2, 0.25) is 10.0 Å². The van der Waals surface area contributed by atoms with Gasteiger partial charge in [-0.05, 0) is 53.9 Å². The van der Waals surface area contributed by atoms with E-state index in [1.54, 1.807) is 44.2 Å². The molecule has 10 heteroatoms. The Kier molecular flexibility index (Phi) is 9.49. The molecule has 0 aromatic heterocycles. The number of hydrogen-bond donors (Lipinski definition) is 2. The molecule has 32 heavy (non-hydrogen) atoms. The number of ether oxygens (including phenoxy) is 2. The van der Waals surface area contributed by atoms with E-state index in [9.17, 15) is 14.4 Å². The Hall–Kier alpha value is -3.10. The largest absolute Gasteiger partial charge is 0.482 e. The highest BCUT2D eigenvalue weighted by Gasteiger charge is 2.25. The van der Waals surface area contributed by atoms with Crippen molar-refractivity contribution in [3.63, 3.8) is 0 Å². The Morgan fingerprint density at radius 3 is 2.38 bits per heavy atom. The minimum absolute atomic E-state index is 0.190. The van der Waals surface area contributed by atoms with Gasteiger partial charge in [-0.15, -0.1) is 0 Å². The van der Waals surface area contributed by atoms with Crippen LogP contribution in [0.3, 0.4) is 0 Å². The summed E-state index contributed by atoms with van der Waals surface area (Å²) < 4.78 is 9.76. The van der Waals surface area contributed by atoms with E-state index in [0.717, 1.165) is 0 Å². The number of methoxy groups -OCH3 is 1. The van der Waals surface area contributed by atoms with E-state index in [4.69, 9.17) is 27.9 Å².